The Morgan fingerprint density at radius 2 is 1.71 bits per heavy atom. The molecule has 0 spiro atoms. The van der Waals surface area contributed by atoms with Crippen LogP contribution in [0.4, 0.5) is 5.69 Å². The topological polar surface area (TPSA) is 15.3 Å². The Hall–Kier alpha value is -0.740. The predicted molar refractivity (Wildman–Crippen MR) is 97.4 cm³/mol. The first-order chi connectivity index (χ1) is 10.3. The van der Waals surface area contributed by atoms with Gasteiger partial charge in [0.05, 0.1) is 0 Å². The van der Waals surface area contributed by atoms with Crippen LogP contribution < -0.4 is 5.32 Å². The number of benzene rings is 1. The summed E-state index contributed by atoms with van der Waals surface area (Å²) in [6.45, 7) is 2.13. The third kappa shape index (κ3) is 4.13. The summed E-state index contributed by atoms with van der Waals surface area (Å²) in [5.74, 6) is 3.14. The first-order valence-corrected chi connectivity index (χ1v) is 9.63. The van der Waals surface area contributed by atoms with Gasteiger partial charge in [-0.1, -0.05) is 31.4 Å². The van der Waals surface area contributed by atoms with Crippen LogP contribution >= 0.6 is 24.0 Å². The molecule has 114 valence electrons. The van der Waals surface area contributed by atoms with Crippen LogP contribution in [0.3, 0.4) is 0 Å². The summed E-state index contributed by atoms with van der Waals surface area (Å²) in [6.07, 6.45) is 6.91. The van der Waals surface area contributed by atoms with Gasteiger partial charge in [0.1, 0.15) is 0 Å². The largest absolute Gasteiger partial charge is 0.347 e. The molecule has 21 heavy (non-hydrogen) atoms. The van der Waals surface area contributed by atoms with E-state index in [-0.39, 0.29) is 0 Å². The summed E-state index contributed by atoms with van der Waals surface area (Å²) in [7, 11) is 0. The van der Waals surface area contributed by atoms with Gasteiger partial charge < -0.3 is 10.2 Å². The van der Waals surface area contributed by atoms with Gasteiger partial charge in [0, 0.05) is 30.3 Å². The van der Waals surface area contributed by atoms with Gasteiger partial charge >= 0.3 is 0 Å². The highest BCUT2D eigenvalue weighted by molar-refractivity contribution is 7.99. The second-order valence-corrected chi connectivity index (χ2v) is 7.60. The molecular weight excluding hydrogens is 296 g/mol. The van der Waals surface area contributed by atoms with E-state index in [0.717, 1.165) is 29.8 Å². The molecule has 0 atom stereocenters. The number of rotatable bonds is 2. The standard InChI is InChI=1S/C17H24N2S2/c20-17(19-10-12-21-13-11-19)18-16-8-6-15(7-9-16)14-4-2-1-3-5-14/h6-9,14H,1-5,10-13H2,(H,18,20). The van der Waals surface area contributed by atoms with Crippen molar-refractivity contribution in [2.45, 2.75) is 38.0 Å². The highest BCUT2D eigenvalue weighted by Crippen LogP contribution is 2.33. The Balaban J connectivity index is 1.57. The van der Waals surface area contributed by atoms with E-state index in [1.807, 2.05) is 11.8 Å². The lowest BCUT2D eigenvalue weighted by atomic mass is 9.84. The molecule has 2 aliphatic rings. The normalized spacial score (nSPS) is 20.3. The minimum Gasteiger partial charge on any atom is -0.347 e. The SMILES string of the molecule is S=C(Nc1ccc(C2CCCCC2)cc1)N1CCSCC1. The van der Waals surface area contributed by atoms with Crippen molar-refractivity contribution in [1.82, 2.24) is 4.90 Å². The molecule has 4 heteroatoms. The summed E-state index contributed by atoms with van der Waals surface area (Å²) >= 11 is 7.53. The molecule has 2 nitrogen and oxygen atoms in total. The lowest BCUT2D eigenvalue weighted by Crippen LogP contribution is -2.40. The molecule has 1 heterocycles. The molecule has 0 aromatic heterocycles. The van der Waals surface area contributed by atoms with E-state index in [0.29, 0.717) is 0 Å². The molecule has 3 rings (SSSR count). The number of hydrogen-bond donors (Lipinski definition) is 1. The molecule has 2 fully saturated rings. The first-order valence-electron chi connectivity index (χ1n) is 8.06. The molecule has 1 aliphatic heterocycles. The Labute approximate surface area is 137 Å². The molecule has 0 radical (unpaired) electrons. The highest BCUT2D eigenvalue weighted by Gasteiger charge is 2.16. The van der Waals surface area contributed by atoms with Crippen molar-refractivity contribution in [3.05, 3.63) is 29.8 Å². The molecule has 0 amide bonds. The number of nitrogens with one attached hydrogen (secondary N) is 1. The fourth-order valence-corrected chi connectivity index (χ4v) is 4.45. The summed E-state index contributed by atoms with van der Waals surface area (Å²) in [4.78, 5) is 2.28. The zero-order valence-corrected chi connectivity index (χ0v) is 14.1. The third-order valence-electron chi connectivity index (χ3n) is 4.54. The maximum Gasteiger partial charge on any atom is 0.173 e. The quantitative estimate of drug-likeness (QED) is 0.808. The average Bonchev–Trinajstić information content (AvgIpc) is 2.57. The Morgan fingerprint density at radius 3 is 2.38 bits per heavy atom. The van der Waals surface area contributed by atoms with Gasteiger partial charge in [-0.2, -0.15) is 11.8 Å². The number of anilines is 1. The van der Waals surface area contributed by atoms with Crippen molar-refractivity contribution in [2.24, 2.45) is 0 Å². The molecule has 1 aromatic rings. The fraction of sp³-hybridized carbons (Fsp3) is 0.588. The van der Waals surface area contributed by atoms with Crippen LogP contribution in [0.15, 0.2) is 24.3 Å². The Morgan fingerprint density at radius 1 is 1.05 bits per heavy atom. The second-order valence-electron chi connectivity index (χ2n) is 5.99. The summed E-state index contributed by atoms with van der Waals surface area (Å²) in [5.41, 5.74) is 2.62. The van der Waals surface area contributed by atoms with Crippen molar-refractivity contribution in [2.75, 3.05) is 29.9 Å². The second kappa shape index (κ2) is 7.50. The van der Waals surface area contributed by atoms with Crippen molar-refractivity contribution in [3.8, 4) is 0 Å². The van der Waals surface area contributed by atoms with E-state index >= 15 is 0 Å². The average molecular weight is 321 g/mol. The number of hydrogen-bond acceptors (Lipinski definition) is 2. The summed E-state index contributed by atoms with van der Waals surface area (Å²) in [6, 6.07) is 8.95. The zero-order chi connectivity index (χ0) is 14.5. The minimum atomic E-state index is 0.777. The van der Waals surface area contributed by atoms with E-state index in [1.165, 1.54) is 49.2 Å². The van der Waals surface area contributed by atoms with E-state index in [2.05, 4.69) is 34.5 Å². The molecule has 1 aliphatic carbocycles. The van der Waals surface area contributed by atoms with E-state index in [9.17, 15) is 0 Å². The fourth-order valence-electron chi connectivity index (χ4n) is 3.24. The van der Waals surface area contributed by atoms with E-state index < -0.39 is 0 Å². The molecule has 1 saturated heterocycles. The molecule has 1 N–H and O–H groups in total. The lowest BCUT2D eigenvalue weighted by molar-refractivity contribution is 0.443. The number of thioether (sulfide) groups is 1. The van der Waals surface area contributed by atoms with Gasteiger partial charge in [0.15, 0.2) is 5.11 Å². The highest BCUT2D eigenvalue weighted by atomic mass is 32.2. The van der Waals surface area contributed by atoms with Crippen LogP contribution in [-0.2, 0) is 0 Å². The molecule has 0 bridgehead atoms. The maximum absolute atomic E-state index is 5.52. The van der Waals surface area contributed by atoms with Crippen LogP contribution in [0.5, 0.6) is 0 Å². The van der Waals surface area contributed by atoms with Crippen molar-refractivity contribution >= 4 is 34.8 Å². The van der Waals surface area contributed by atoms with Gasteiger partial charge in [0.25, 0.3) is 0 Å². The summed E-state index contributed by atoms with van der Waals surface area (Å²) < 4.78 is 0. The van der Waals surface area contributed by atoms with Gasteiger partial charge in [-0.3, -0.25) is 0 Å². The van der Waals surface area contributed by atoms with Gasteiger partial charge in [-0.25, -0.2) is 0 Å². The van der Waals surface area contributed by atoms with E-state index in [1.54, 1.807) is 0 Å². The smallest absolute Gasteiger partial charge is 0.173 e. The third-order valence-corrected chi connectivity index (χ3v) is 5.84. The predicted octanol–water partition coefficient (Wildman–Crippen LogP) is 4.48. The zero-order valence-electron chi connectivity index (χ0n) is 12.5. The van der Waals surface area contributed by atoms with Gasteiger partial charge in [-0.05, 0) is 48.7 Å². The van der Waals surface area contributed by atoms with E-state index in [4.69, 9.17) is 12.2 Å². The van der Waals surface area contributed by atoms with Gasteiger partial charge in [-0.15, -0.1) is 0 Å². The summed E-state index contributed by atoms with van der Waals surface area (Å²) in [5, 5.41) is 4.27. The Kier molecular flexibility index (Phi) is 5.42. The number of nitrogens with zero attached hydrogens (tertiary/aromatic N) is 1. The van der Waals surface area contributed by atoms with Crippen molar-refractivity contribution in [3.63, 3.8) is 0 Å². The molecule has 0 unspecified atom stereocenters. The lowest BCUT2D eigenvalue weighted by Gasteiger charge is -2.29. The van der Waals surface area contributed by atoms with Crippen LogP contribution in [0, 0.1) is 0 Å². The van der Waals surface area contributed by atoms with Crippen molar-refractivity contribution < 1.29 is 0 Å². The van der Waals surface area contributed by atoms with Crippen molar-refractivity contribution in [1.29, 1.82) is 0 Å². The Bertz CT molecular complexity index is 460. The monoisotopic (exact) mass is 320 g/mol. The number of thiocarbonyl (C=S) groups is 1. The maximum atomic E-state index is 5.52. The van der Waals surface area contributed by atoms with Gasteiger partial charge in [0.2, 0.25) is 0 Å². The van der Waals surface area contributed by atoms with Crippen LogP contribution in [0.1, 0.15) is 43.6 Å². The van der Waals surface area contributed by atoms with Crippen LogP contribution in [0.25, 0.3) is 0 Å². The first kappa shape index (κ1) is 15.2. The molecule has 1 saturated carbocycles. The molecule has 1 aromatic carbocycles. The molecular formula is C17H24N2S2. The van der Waals surface area contributed by atoms with Crippen LogP contribution in [0.2, 0.25) is 0 Å². The van der Waals surface area contributed by atoms with Crippen LogP contribution in [-0.4, -0.2) is 34.6 Å². The minimum absolute atomic E-state index is 0.777.